The molecule has 3 aromatic heterocycles. The number of imidazole rings is 1. The van der Waals surface area contributed by atoms with Gasteiger partial charge in [0.25, 0.3) is 5.91 Å². The smallest absolute Gasteiger partial charge is 0.270 e. The van der Waals surface area contributed by atoms with E-state index in [9.17, 15) is 27.2 Å². The van der Waals surface area contributed by atoms with Crippen LogP contribution in [0.1, 0.15) is 85.7 Å². The molecular formula is C28H35F4N7O3. The van der Waals surface area contributed by atoms with E-state index in [1.807, 2.05) is 6.92 Å². The van der Waals surface area contributed by atoms with Crippen LogP contribution in [0.2, 0.25) is 0 Å². The van der Waals surface area contributed by atoms with Crippen molar-refractivity contribution in [2.45, 2.75) is 82.3 Å². The number of halogens is 4. The first-order valence-corrected chi connectivity index (χ1v) is 14.2. The van der Waals surface area contributed by atoms with Crippen LogP contribution in [-0.2, 0) is 16.1 Å². The molecule has 2 aliphatic rings. The standard InChI is InChI=1S/C28H35F4N7O3/c1-3-38-22(6-9-33-38)26(41)37-25(18-4-7-27(29,30)8-5-18)20-15-39-23(35-20)11-19(14-34-39)21(16-42-2)36-24(40)10-17-12-28(31,32)13-17/h6,9,11,14-15,17-18,21,25H,3-5,7-8,10,12-13,16H2,1-2H3,(H,36,40)(H,37,41)/t21-,25-/m0/s1. The number of amides is 2. The van der Waals surface area contributed by atoms with Gasteiger partial charge in [-0.25, -0.2) is 27.1 Å². The van der Waals surface area contributed by atoms with Crippen molar-refractivity contribution in [2.75, 3.05) is 13.7 Å². The highest BCUT2D eigenvalue weighted by Gasteiger charge is 2.46. The van der Waals surface area contributed by atoms with Crippen molar-refractivity contribution in [2.24, 2.45) is 11.8 Å². The van der Waals surface area contributed by atoms with Crippen LogP contribution in [0.25, 0.3) is 5.65 Å². The summed E-state index contributed by atoms with van der Waals surface area (Å²) >= 11 is 0. The first-order chi connectivity index (χ1) is 20.0. The molecule has 2 saturated carbocycles. The second kappa shape index (κ2) is 12.0. The predicted octanol–water partition coefficient (Wildman–Crippen LogP) is 4.48. The second-order valence-corrected chi connectivity index (χ2v) is 11.3. The summed E-state index contributed by atoms with van der Waals surface area (Å²) in [5.41, 5.74) is 1.86. The van der Waals surface area contributed by atoms with Gasteiger partial charge in [-0.2, -0.15) is 10.2 Å². The molecule has 2 amide bonds. The Bertz CT molecular complexity index is 1410. The van der Waals surface area contributed by atoms with Gasteiger partial charge in [0.05, 0.1) is 36.8 Å². The number of fused-ring (bicyclic) bond motifs is 1. The third-order valence-electron chi connectivity index (χ3n) is 8.17. The molecule has 0 aliphatic heterocycles. The number of nitrogens with zero attached hydrogens (tertiary/aromatic N) is 5. The Morgan fingerprint density at radius 2 is 1.86 bits per heavy atom. The van der Waals surface area contributed by atoms with E-state index in [1.54, 1.807) is 29.2 Å². The lowest BCUT2D eigenvalue weighted by Gasteiger charge is -2.34. The van der Waals surface area contributed by atoms with Crippen molar-refractivity contribution in [3.8, 4) is 0 Å². The van der Waals surface area contributed by atoms with Gasteiger partial charge in [-0.05, 0) is 43.7 Å². The van der Waals surface area contributed by atoms with Crippen LogP contribution >= 0.6 is 0 Å². The summed E-state index contributed by atoms with van der Waals surface area (Å²) in [4.78, 5) is 30.5. The number of aromatic nitrogens is 5. The van der Waals surface area contributed by atoms with Gasteiger partial charge < -0.3 is 15.4 Å². The summed E-state index contributed by atoms with van der Waals surface area (Å²) in [5.74, 6) is -6.80. The molecule has 2 N–H and O–H groups in total. The lowest BCUT2D eigenvalue weighted by Crippen LogP contribution is -2.40. The number of ether oxygens (including phenoxy) is 1. The molecule has 2 atom stereocenters. The highest BCUT2D eigenvalue weighted by atomic mass is 19.3. The number of hydrogen-bond donors (Lipinski definition) is 2. The minimum absolute atomic E-state index is 0.00223. The highest BCUT2D eigenvalue weighted by Crippen LogP contribution is 2.44. The molecule has 14 heteroatoms. The number of methoxy groups -OCH3 is 1. The van der Waals surface area contributed by atoms with Gasteiger partial charge in [0.15, 0.2) is 5.65 Å². The molecule has 42 heavy (non-hydrogen) atoms. The van der Waals surface area contributed by atoms with Gasteiger partial charge in [-0.3, -0.25) is 14.3 Å². The molecule has 0 saturated heterocycles. The summed E-state index contributed by atoms with van der Waals surface area (Å²) < 4.78 is 62.7. The second-order valence-electron chi connectivity index (χ2n) is 11.3. The lowest BCUT2D eigenvalue weighted by molar-refractivity contribution is -0.134. The summed E-state index contributed by atoms with van der Waals surface area (Å²) in [5, 5.41) is 14.4. The number of carbonyl (C=O) groups excluding carboxylic acids is 2. The van der Waals surface area contributed by atoms with Crippen molar-refractivity contribution in [1.82, 2.24) is 35.0 Å². The number of hydrogen-bond acceptors (Lipinski definition) is 6. The first kappa shape index (κ1) is 29.9. The van der Waals surface area contributed by atoms with Gasteiger partial charge in [-0.15, -0.1) is 0 Å². The number of carbonyl (C=O) groups is 2. The van der Waals surface area contributed by atoms with Crippen molar-refractivity contribution in [1.29, 1.82) is 0 Å². The zero-order chi connectivity index (χ0) is 30.1. The van der Waals surface area contributed by atoms with E-state index < -0.39 is 23.9 Å². The number of aryl methyl sites for hydroxylation is 1. The Balaban J connectivity index is 1.37. The Kier molecular flexibility index (Phi) is 8.53. The van der Waals surface area contributed by atoms with E-state index in [-0.39, 0.29) is 75.2 Å². The maximum absolute atomic E-state index is 14.0. The fraction of sp³-hybridized carbons (Fsp3) is 0.607. The molecule has 2 aliphatic carbocycles. The molecule has 3 aromatic rings. The Morgan fingerprint density at radius 3 is 2.52 bits per heavy atom. The molecule has 0 unspecified atom stereocenters. The largest absolute Gasteiger partial charge is 0.382 e. The van der Waals surface area contributed by atoms with Crippen LogP contribution in [0.5, 0.6) is 0 Å². The number of rotatable bonds is 11. The third kappa shape index (κ3) is 6.74. The molecule has 228 valence electrons. The molecule has 0 aromatic carbocycles. The van der Waals surface area contributed by atoms with Crippen LogP contribution in [0.15, 0.2) is 30.7 Å². The monoisotopic (exact) mass is 593 g/mol. The zero-order valence-electron chi connectivity index (χ0n) is 23.5. The van der Waals surface area contributed by atoms with E-state index in [2.05, 4.69) is 20.8 Å². The number of alkyl halides is 4. The van der Waals surface area contributed by atoms with Gasteiger partial charge >= 0.3 is 0 Å². The molecular weight excluding hydrogens is 558 g/mol. The maximum Gasteiger partial charge on any atom is 0.270 e. The van der Waals surface area contributed by atoms with Gasteiger partial charge in [0.2, 0.25) is 17.8 Å². The average Bonchev–Trinajstić information content (AvgIpc) is 3.57. The Labute approximate surface area is 240 Å². The molecule has 0 radical (unpaired) electrons. The fourth-order valence-electron chi connectivity index (χ4n) is 5.90. The molecule has 2 fully saturated rings. The van der Waals surface area contributed by atoms with Gasteiger partial charge in [-0.1, -0.05) is 0 Å². The van der Waals surface area contributed by atoms with Crippen LogP contribution in [0, 0.1) is 11.8 Å². The van der Waals surface area contributed by atoms with Crippen LogP contribution in [0.3, 0.4) is 0 Å². The lowest BCUT2D eigenvalue weighted by atomic mass is 9.79. The van der Waals surface area contributed by atoms with E-state index >= 15 is 0 Å². The maximum atomic E-state index is 14.0. The molecule has 0 spiro atoms. The van der Waals surface area contributed by atoms with Crippen molar-refractivity contribution in [3.05, 3.63) is 47.7 Å². The summed E-state index contributed by atoms with van der Waals surface area (Å²) in [6, 6.07) is 2.08. The minimum atomic E-state index is -2.73. The third-order valence-corrected chi connectivity index (χ3v) is 8.17. The van der Waals surface area contributed by atoms with Crippen molar-refractivity contribution in [3.63, 3.8) is 0 Å². The number of nitrogens with one attached hydrogen (secondary N) is 2. The molecule has 10 nitrogen and oxygen atoms in total. The average molecular weight is 594 g/mol. The van der Waals surface area contributed by atoms with Crippen LogP contribution in [0.4, 0.5) is 17.6 Å². The summed E-state index contributed by atoms with van der Waals surface area (Å²) in [6.45, 7) is 2.47. The quantitative estimate of drug-likeness (QED) is 0.317. The van der Waals surface area contributed by atoms with Crippen LogP contribution in [-0.4, -0.2) is 61.8 Å². The zero-order valence-corrected chi connectivity index (χ0v) is 23.5. The van der Waals surface area contributed by atoms with Gasteiger partial charge in [0, 0.05) is 57.5 Å². The minimum Gasteiger partial charge on any atom is -0.382 e. The van der Waals surface area contributed by atoms with E-state index in [0.29, 0.717) is 29.1 Å². The van der Waals surface area contributed by atoms with E-state index in [4.69, 9.17) is 9.72 Å². The van der Waals surface area contributed by atoms with E-state index in [0.717, 1.165) is 0 Å². The topological polar surface area (TPSA) is 115 Å². The summed E-state index contributed by atoms with van der Waals surface area (Å²) in [6.07, 6.45) is 4.03. The SMILES string of the molecule is CCn1nccc1C(=O)N[C@H](c1cn2ncc([C@H](COC)NC(=O)CC3CC(F)(F)C3)cc2n1)C1CCC(F)(F)CC1. The Hall–Kier alpha value is -3.55. The highest BCUT2D eigenvalue weighted by molar-refractivity contribution is 5.92. The summed E-state index contributed by atoms with van der Waals surface area (Å²) in [7, 11) is 1.48. The predicted molar refractivity (Wildman–Crippen MR) is 143 cm³/mol. The normalized spacial score (nSPS) is 20.1. The Morgan fingerprint density at radius 1 is 1.12 bits per heavy atom. The molecule has 5 rings (SSSR count). The van der Waals surface area contributed by atoms with Crippen molar-refractivity contribution < 1.29 is 31.9 Å². The van der Waals surface area contributed by atoms with Gasteiger partial charge in [0.1, 0.15) is 5.69 Å². The van der Waals surface area contributed by atoms with E-state index in [1.165, 1.54) is 17.8 Å². The van der Waals surface area contributed by atoms with Crippen molar-refractivity contribution >= 4 is 17.5 Å². The molecule has 3 heterocycles. The fourth-order valence-corrected chi connectivity index (χ4v) is 5.90. The first-order valence-electron chi connectivity index (χ1n) is 14.2. The van der Waals surface area contributed by atoms with Crippen LogP contribution < -0.4 is 10.6 Å². The molecule has 0 bridgehead atoms.